The van der Waals surface area contributed by atoms with Crippen molar-refractivity contribution in [1.29, 1.82) is 0 Å². The molecule has 0 aliphatic carbocycles. The molecule has 1 unspecified atom stereocenters. The molecule has 0 saturated carbocycles. The second-order valence-electron chi connectivity index (χ2n) is 6.75. The number of hydrogen-bond acceptors (Lipinski definition) is 5. The van der Waals surface area contributed by atoms with E-state index in [0.717, 1.165) is 11.1 Å². The number of benzene rings is 2. The van der Waals surface area contributed by atoms with Gasteiger partial charge in [0.25, 0.3) is 11.6 Å². The van der Waals surface area contributed by atoms with Crippen molar-refractivity contribution in [3.05, 3.63) is 75.3 Å². The molecular weight excluding hydrogens is 368 g/mol. The summed E-state index contributed by atoms with van der Waals surface area (Å²) < 4.78 is 23.9. The van der Waals surface area contributed by atoms with E-state index in [4.69, 9.17) is 0 Å². The molecule has 0 N–H and O–H groups in total. The summed E-state index contributed by atoms with van der Waals surface area (Å²) in [5.74, 6) is -0.623. The van der Waals surface area contributed by atoms with Crippen LogP contribution in [0.1, 0.15) is 27.9 Å². The molecule has 0 aromatic heterocycles. The van der Waals surface area contributed by atoms with Gasteiger partial charge in [0.05, 0.1) is 16.4 Å². The maximum atomic E-state index is 13.2. The summed E-state index contributed by atoms with van der Waals surface area (Å²) in [6.07, 6.45) is 0.334. The highest BCUT2D eigenvalue weighted by Crippen LogP contribution is 2.26. The summed E-state index contributed by atoms with van der Waals surface area (Å²) in [5.41, 5.74) is 1.60. The molecule has 142 valence electrons. The minimum Gasteiger partial charge on any atom is -0.330 e. The predicted octanol–water partition coefficient (Wildman–Crippen LogP) is 2.73. The van der Waals surface area contributed by atoms with Crippen LogP contribution in [0.2, 0.25) is 0 Å². The van der Waals surface area contributed by atoms with Crippen molar-refractivity contribution in [1.82, 2.24) is 4.90 Å². The molecule has 2 aromatic rings. The molecule has 1 atom stereocenters. The zero-order valence-corrected chi connectivity index (χ0v) is 15.7. The maximum Gasteiger partial charge on any atom is 0.282 e. The molecule has 0 spiro atoms. The Kier molecular flexibility index (Phi) is 5.27. The topological polar surface area (TPSA) is 97.6 Å². The van der Waals surface area contributed by atoms with Crippen LogP contribution in [-0.4, -0.2) is 41.7 Å². The second-order valence-corrected chi connectivity index (χ2v) is 8.98. The van der Waals surface area contributed by atoms with Crippen LogP contribution in [-0.2, 0) is 16.4 Å². The van der Waals surface area contributed by atoms with Gasteiger partial charge in [-0.05, 0) is 25.0 Å². The van der Waals surface area contributed by atoms with E-state index in [9.17, 15) is 23.3 Å². The first-order valence-corrected chi connectivity index (χ1v) is 10.4. The van der Waals surface area contributed by atoms with Gasteiger partial charge >= 0.3 is 0 Å². The Morgan fingerprint density at radius 3 is 2.44 bits per heavy atom. The number of hydrogen-bond donors (Lipinski definition) is 0. The molecule has 1 heterocycles. The van der Waals surface area contributed by atoms with Gasteiger partial charge in [-0.3, -0.25) is 14.9 Å². The lowest BCUT2D eigenvalue weighted by Gasteiger charge is -2.28. The van der Waals surface area contributed by atoms with Gasteiger partial charge in [0.15, 0.2) is 9.84 Å². The van der Waals surface area contributed by atoms with Crippen LogP contribution in [0.4, 0.5) is 5.69 Å². The van der Waals surface area contributed by atoms with Gasteiger partial charge in [-0.2, -0.15) is 0 Å². The van der Waals surface area contributed by atoms with Crippen LogP contribution in [0.3, 0.4) is 0 Å². The SMILES string of the molecule is Cc1ccc(CN(C(=O)c2ccccc2[N+](=O)[O-])C2CCS(=O)(=O)C2)cc1. The molecule has 8 heteroatoms. The smallest absolute Gasteiger partial charge is 0.282 e. The van der Waals surface area contributed by atoms with Gasteiger partial charge in [-0.1, -0.05) is 42.0 Å². The highest BCUT2D eigenvalue weighted by atomic mass is 32.2. The first-order valence-electron chi connectivity index (χ1n) is 8.57. The minimum atomic E-state index is -3.21. The Hall–Kier alpha value is -2.74. The van der Waals surface area contributed by atoms with Crippen LogP contribution < -0.4 is 0 Å². The number of nitrogens with zero attached hydrogens (tertiary/aromatic N) is 2. The number of rotatable bonds is 5. The van der Waals surface area contributed by atoms with Crippen LogP contribution in [0.25, 0.3) is 0 Å². The molecule has 1 aliphatic heterocycles. The number of aryl methyl sites for hydroxylation is 1. The molecule has 1 aliphatic rings. The van der Waals surface area contributed by atoms with Gasteiger partial charge in [-0.15, -0.1) is 0 Å². The third kappa shape index (κ3) is 4.33. The molecule has 3 rings (SSSR count). The molecule has 1 fully saturated rings. The molecule has 2 aromatic carbocycles. The summed E-state index contributed by atoms with van der Waals surface area (Å²) in [6, 6.07) is 12.8. The van der Waals surface area contributed by atoms with Crippen LogP contribution in [0.5, 0.6) is 0 Å². The highest BCUT2D eigenvalue weighted by molar-refractivity contribution is 7.91. The third-order valence-corrected chi connectivity index (χ3v) is 6.47. The Balaban J connectivity index is 1.97. The van der Waals surface area contributed by atoms with Gasteiger partial charge in [0.1, 0.15) is 5.56 Å². The monoisotopic (exact) mass is 388 g/mol. The van der Waals surface area contributed by atoms with E-state index in [1.54, 1.807) is 6.07 Å². The minimum absolute atomic E-state index is 0.0201. The van der Waals surface area contributed by atoms with Crippen LogP contribution in [0, 0.1) is 17.0 Å². The van der Waals surface area contributed by atoms with Crippen LogP contribution >= 0.6 is 0 Å². The molecule has 27 heavy (non-hydrogen) atoms. The van der Waals surface area contributed by atoms with Crippen molar-refractivity contribution in [2.75, 3.05) is 11.5 Å². The number of sulfone groups is 1. The normalized spacial score (nSPS) is 18.2. The average Bonchev–Trinajstić information content (AvgIpc) is 3.00. The fourth-order valence-electron chi connectivity index (χ4n) is 3.25. The van der Waals surface area contributed by atoms with Crippen LogP contribution in [0.15, 0.2) is 48.5 Å². The van der Waals surface area contributed by atoms with Crippen molar-refractivity contribution in [3.8, 4) is 0 Å². The van der Waals surface area contributed by atoms with Gasteiger partial charge in [0.2, 0.25) is 0 Å². The number of carbonyl (C=O) groups is 1. The Morgan fingerprint density at radius 1 is 1.19 bits per heavy atom. The fraction of sp³-hybridized carbons (Fsp3) is 0.316. The first-order chi connectivity index (χ1) is 12.8. The number of para-hydroxylation sites is 1. The lowest BCUT2D eigenvalue weighted by Crippen LogP contribution is -2.40. The quantitative estimate of drug-likeness (QED) is 0.579. The summed E-state index contributed by atoms with van der Waals surface area (Å²) in [5, 5.41) is 11.3. The zero-order valence-electron chi connectivity index (χ0n) is 14.9. The van der Waals surface area contributed by atoms with E-state index in [1.165, 1.54) is 23.1 Å². The third-order valence-electron chi connectivity index (χ3n) is 4.71. The van der Waals surface area contributed by atoms with E-state index in [2.05, 4.69) is 0 Å². The summed E-state index contributed by atoms with van der Waals surface area (Å²) in [6.45, 7) is 2.15. The van der Waals surface area contributed by atoms with E-state index < -0.39 is 26.7 Å². The maximum absolute atomic E-state index is 13.2. The Bertz CT molecular complexity index is 970. The van der Waals surface area contributed by atoms with Crippen molar-refractivity contribution in [2.24, 2.45) is 0 Å². The van der Waals surface area contributed by atoms with Crippen molar-refractivity contribution >= 4 is 21.4 Å². The van der Waals surface area contributed by atoms with Gasteiger partial charge < -0.3 is 4.90 Å². The average molecular weight is 388 g/mol. The molecule has 7 nitrogen and oxygen atoms in total. The van der Waals surface area contributed by atoms with Crippen molar-refractivity contribution in [3.63, 3.8) is 0 Å². The number of amides is 1. The summed E-state index contributed by atoms with van der Waals surface area (Å²) in [4.78, 5) is 25.3. The van der Waals surface area contributed by atoms with E-state index in [0.29, 0.717) is 6.42 Å². The Morgan fingerprint density at radius 2 is 1.85 bits per heavy atom. The second kappa shape index (κ2) is 7.48. The fourth-order valence-corrected chi connectivity index (χ4v) is 4.98. The largest absolute Gasteiger partial charge is 0.330 e. The van der Waals surface area contributed by atoms with E-state index in [1.807, 2.05) is 31.2 Å². The molecule has 0 radical (unpaired) electrons. The van der Waals surface area contributed by atoms with Crippen molar-refractivity contribution < 1.29 is 18.1 Å². The molecule has 1 amide bonds. The molecular formula is C19H20N2O5S. The van der Waals surface area contributed by atoms with E-state index >= 15 is 0 Å². The zero-order chi connectivity index (χ0) is 19.6. The predicted molar refractivity (Wildman–Crippen MR) is 101 cm³/mol. The number of nitro groups is 1. The lowest BCUT2D eigenvalue weighted by molar-refractivity contribution is -0.385. The number of nitro benzene ring substituents is 1. The summed E-state index contributed by atoms with van der Waals surface area (Å²) >= 11 is 0. The Labute approximate surface area is 157 Å². The molecule has 0 bridgehead atoms. The van der Waals surface area contributed by atoms with E-state index in [-0.39, 0.29) is 29.3 Å². The number of carbonyl (C=O) groups excluding carboxylic acids is 1. The van der Waals surface area contributed by atoms with Gasteiger partial charge in [-0.25, -0.2) is 8.42 Å². The highest BCUT2D eigenvalue weighted by Gasteiger charge is 2.36. The summed E-state index contributed by atoms with van der Waals surface area (Å²) in [7, 11) is -3.21. The lowest BCUT2D eigenvalue weighted by atomic mass is 10.1. The standard InChI is InChI=1S/C19H20N2O5S/c1-14-6-8-15(9-7-14)12-20(16-10-11-27(25,26)13-16)19(22)17-4-2-3-5-18(17)21(23)24/h2-9,16H,10-13H2,1H3. The molecule has 1 saturated heterocycles. The first kappa shape index (κ1) is 19.0. The van der Waals surface area contributed by atoms with Crippen molar-refractivity contribution in [2.45, 2.75) is 25.9 Å². The van der Waals surface area contributed by atoms with Gasteiger partial charge in [0, 0.05) is 18.7 Å².